The van der Waals surface area contributed by atoms with Gasteiger partial charge in [0, 0.05) is 5.56 Å². The Labute approximate surface area is 240 Å². The number of aliphatic hydroxyl groups excluding tert-OH is 1. The number of esters is 1. The molecule has 1 amide bonds. The molecule has 0 spiro atoms. The number of amides is 1. The van der Waals surface area contributed by atoms with E-state index in [9.17, 15) is 19.5 Å². The first-order valence-corrected chi connectivity index (χ1v) is 13.4. The highest BCUT2D eigenvalue weighted by molar-refractivity contribution is 7.17. The highest BCUT2D eigenvalue weighted by atomic mass is 32.1. The number of benzene rings is 3. The average molecular weight is 571 g/mol. The van der Waals surface area contributed by atoms with Crippen LogP contribution in [0.3, 0.4) is 0 Å². The highest BCUT2D eigenvalue weighted by Crippen LogP contribution is 2.45. The van der Waals surface area contributed by atoms with E-state index in [0.29, 0.717) is 39.6 Å². The maximum atomic E-state index is 13.6. The molecular formula is C31H26N2O7S. The van der Waals surface area contributed by atoms with Crippen LogP contribution in [0.25, 0.3) is 5.76 Å². The van der Waals surface area contributed by atoms with Crippen molar-refractivity contribution in [3.05, 3.63) is 106 Å². The molecule has 10 heteroatoms. The summed E-state index contributed by atoms with van der Waals surface area (Å²) in [6.07, 6.45) is 0. The van der Waals surface area contributed by atoms with E-state index in [1.54, 1.807) is 68.4 Å². The number of carbonyl (C=O) groups is 3. The summed E-state index contributed by atoms with van der Waals surface area (Å²) in [6, 6.07) is 20.0. The number of aryl methyl sites for hydroxylation is 2. The number of thiazole rings is 1. The molecular weight excluding hydrogens is 544 g/mol. The Morgan fingerprint density at radius 1 is 0.927 bits per heavy atom. The van der Waals surface area contributed by atoms with Gasteiger partial charge < -0.3 is 19.3 Å². The van der Waals surface area contributed by atoms with Crippen LogP contribution in [-0.2, 0) is 14.3 Å². The number of methoxy groups -OCH3 is 2. The van der Waals surface area contributed by atoms with E-state index in [0.717, 1.165) is 11.3 Å². The summed E-state index contributed by atoms with van der Waals surface area (Å²) in [5, 5.41) is 11.7. The van der Waals surface area contributed by atoms with E-state index in [2.05, 4.69) is 4.98 Å². The molecule has 1 N–H and O–H groups in total. The minimum Gasteiger partial charge on any atom is -0.507 e. The van der Waals surface area contributed by atoms with E-state index < -0.39 is 23.7 Å². The van der Waals surface area contributed by atoms with Gasteiger partial charge in [-0.05, 0) is 67.4 Å². The highest BCUT2D eigenvalue weighted by Gasteiger charge is 2.48. The molecule has 3 aromatic carbocycles. The second-order valence-corrected chi connectivity index (χ2v) is 10.2. The molecule has 5 rings (SSSR count). The largest absolute Gasteiger partial charge is 0.507 e. The Balaban J connectivity index is 1.69. The Hall–Kier alpha value is -4.96. The smallest absolute Gasteiger partial charge is 0.350 e. The van der Waals surface area contributed by atoms with Crippen molar-refractivity contribution >= 4 is 39.9 Å². The molecule has 1 aliphatic rings. The molecule has 208 valence electrons. The lowest BCUT2D eigenvalue weighted by atomic mass is 9.94. The molecule has 0 bridgehead atoms. The number of ketones is 1. The average Bonchev–Trinajstić information content (AvgIpc) is 3.49. The number of ether oxygens (including phenoxy) is 3. The van der Waals surface area contributed by atoms with Gasteiger partial charge >= 0.3 is 11.9 Å². The fraction of sp³-hybridized carbons (Fsp3) is 0.161. The number of hydrogen-bond acceptors (Lipinski definition) is 9. The molecule has 9 nitrogen and oxygen atoms in total. The standard InChI is InChI=1S/C31H26N2O7S/c1-17-15-21(38-3)13-14-23(17)26(34)24-25(19-9-8-12-22(16-19)40-20-10-6-5-7-11-20)33(29(36)27(24)35)31-32-18(2)28(41-31)30(37)39-4/h5-16,25,34H,1-4H3. The topological polar surface area (TPSA) is 115 Å². The first-order valence-electron chi connectivity index (χ1n) is 12.6. The minimum atomic E-state index is -1.06. The Morgan fingerprint density at radius 3 is 2.34 bits per heavy atom. The van der Waals surface area contributed by atoms with Crippen LogP contribution in [0.2, 0.25) is 0 Å². The lowest BCUT2D eigenvalue weighted by Gasteiger charge is -2.23. The maximum absolute atomic E-state index is 13.6. The molecule has 1 aromatic heterocycles. The third-order valence-corrected chi connectivity index (χ3v) is 7.78. The first kappa shape index (κ1) is 27.6. The lowest BCUT2D eigenvalue weighted by Crippen LogP contribution is -2.29. The number of aliphatic hydroxyl groups is 1. The van der Waals surface area contributed by atoms with E-state index in [-0.39, 0.29) is 21.3 Å². The Bertz CT molecular complexity index is 1690. The molecule has 1 unspecified atom stereocenters. The second-order valence-electron chi connectivity index (χ2n) is 9.24. The molecule has 0 aliphatic carbocycles. The number of carbonyl (C=O) groups excluding carboxylic acids is 3. The quantitative estimate of drug-likeness (QED) is 0.125. The molecule has 1 fully saturated rings. The van der Waals surface area contributed by atoms with Gasteiger partial charge in [0.05, 0.1) is 31.5 Å². The number of nitrogens with zero attached hydrogens (tertiary/aromatic N) is 2. The van der Waals surface area contributed by atoms with Crippen molar-refractivity contribution in [3.8, 4) is 17.2 Å². The van der Waals surface area contributed by atoms with Crippen molar-refractivity contribution < 1.29 is 33.7 Å². The lowest BCUT2D eigenvalue weighted by molar-refractivity contribution is -0.132. The van der Waals surface area contributed by atoms with Crippen LogP contribution in [0, 0.1) is 13.8 Å². The number of anilines is 1. The zero-order valence-corrected chi connectivity index (χ0v) is 23.5. The summed E-state index contributed by atoms with van der Waals surface area (Å²) in [7, 11) is 2.78. The number of aromatic nitrogens is 1. The number of hydrogen-bond donors (Lipinski definition) is 1. The molecule has 41 heavy (non-hydrogen) atoms. The van der Waals surface area contributed by atoms with Crippen molar-refractivity contribution in [3.63, 3.8) is 0 Å². The van der Waals surface area contributed by atoms with Crippen LogP contribution in [0.15, 0.2) is 78.4 Å². The summed E-state index contributed by atoms with van der Waals surface area (Å²) in [5.74, 6) is -1.07. The predicted molar refractivity (Wildman–Crippen MR) is 154 cm³/mol. The van der Waals surface area contributed by atoms with E-state index >= 15 is 0 Å². The van der Waals surface area contributed by atoms with E-state index in [1.807, 2.05) is 18.2 Å². The van der Waals surface area contributed by atoms with Crippen LogP contribution in [-0.4, -0.2) is 42.0 Å². The molecule has 1 atom stereocenters. The summed E-state index contributed by atoms with van der Waals surface area (Å²) in [6.45, 7) is 3.39. The fourth-order valence-corrected chi connectivity index (χ4v) is 5.67. The van der Waals surface area contributed by atoms with Crippen LogP contribution in [0.4, 0.5) is 5.13 Å². The molecule has 1 saturated heterocycles. The summed E-state index contributed by atoms with van der Waals surface area (Å²) >= 11 is 0.933. The van der Waals surface area contributed by atoms with Gasteiger partial charge in [-0.15, -0.1) is 0 Å². The second kappa shape index (κ2) is 11.3. The number of para-hydroxylation sites is 1. The SMILES string of the molecule is COC(=O)c1sc(N2C(=O)C(=O)C(=C(O)c3ccc(OC)cc3C)C2c2cccc(Oc3ccccc3)c2)nc1C. The van der Waals surface area contributed by atoms with E-state index in [1.165, 1.54) is 19.1 Å². The summed E-state index contributed by atoms with van der Waals surface area (Å²) in [5.41, 5.74) is 1.75. The number of rotatable bonds is 7. The molecule has 0 saturated carbocycles. The van der Waals surface area contributed by atoms with Gasteiger partial charge in [-0.2, -0.15) is 0 Å². The summed E-state index contributed by atoms with van der Waals surface area (Å²) < 4.78 is 16.1. The van der Waals surface area contributed by atoms with Gasteiger partial charge in [-0.25, -0.2) is 9.78 Å². The van der Waals surface area contributed by atoms with Crippen molar-refractivity contribution in [2.45, 2.75) is 19.9 Å². The number of Topliss-reactive ketones (excluding diaryl/α,β-unsaturated/α-hetero) is 1. The molecule has 4 aromatic rings. The predicted octanol–water partition coefficient (Wildman–Crippen LogP) is 5.97. The van der Waals surface area contributed by atoms with E-state index in [4.69, 9.17) is 14.2 Å². The molecule has 1 aliphatic heterocycles. The van der Waals surface area contributed by atoms with Gasteiger partial charge in [0.1, 0.15) is 27.9 Å². The van der Waals surface area contributed by atoms with Gasteiger partial charge in [-0.3, -0.25) is 14.5 Å². The van der Waals surface area contributed by atoms with Gasteiger partial charge in [0.2, 0.25) is 0 Å². The first-order chi connectivity index (χ1) is 19.7. The zero-order valence-electron chi connectivity index (χ0n) is 22.7. The van der Waals surface area contributed by atoms with Gasteiger partial charge in [-0.1, -0.05) is 41.7 Å². The Morgan fingerprint density at radius 2 is 1.66 bits per heavy atom. The normalized spacial score (nSPS) is 16.1. The van der Waals surface area contributed by atoms with Crippen LogP contribution in [0.5, 0.6) is 17.2 Å². The third kappa shape index (κ3) is 5.17. The zero-order chi connectivity index (χ0) is 29.3. The minimum absolute atomic E-state index is 0.118. The van der Waals surface area contributed by atoms with Gasteiger partial charge in [0.25, 0.3) is 5.78 Å². The summed E-state index contributed by atoms with van der Waals surface area (Å²) in [4.78, 5) is 45.4. The van der Waals surface area contributed by atoms with Crippen molar-refractivity contribution in [1.29, 1.82) is 0 Å². The third-order valence-electron chi connectivity index (χ3n) is 6.65. The van der Waals surface area contributed by atoms with Crippen LogP contribution < -0.4 is 14.4 Å². The van der Waals surface area contributed by atoms with Crippen molar-refractivity contribution in [2.24, 2.45) is 0 Å². The van der Waals surface area contributed by atoms with Crippen molar-refractivity contribution in [1.82, 2.24) is 4.98 Å². The van der Waals surface area contributed by atoms with Gasteiger partial charge in [0.15, 0.2) is 5.13 Å². The fourth-order valence-electron chi connectivity index (χ4n) is 4.66. The molecule has 2 heterocycles. The maximum Gasteiger partial charge on any atom is 0.350 e. The van der Waals surface area contributed by atoms with Crippen molar-refractivity contribution in [2.75, 3.05) is 19.1 Å². The monoisotopic (exact) mass is 570 g/mol. The van der Waals surface area contributed by atoms with Crippen LogP contribution >= 0.6 is 11.3 Å². The molecule has 0 radical (unpaired) electrons. The Kier molecular flexibility index (Phi) is 7.58. The van der Waals surface area contributed by atoms with Crippen LogP contribution in [0.1, 0.15) is 38.1 Å².